The summed E-state index contributed by atoms with van der Waals surface area (Å²) in [6.07, 6.45) is 8.54. The van der Waals surface area contributed by atoms with Gasteiger partial charge in [-0.3, -0.25) is 9.80 Å². The number of likely N-dealkylation sites (tertiary alicyclic amines) is 4. The summed E-state index contributed by atoms with van der Waals surface area (Å²) in [5.41, 5.74) is 0. The van der Waals surface area contributed by atoms with Gasteiger partial charge in [0.2, 0.25) is 0 Å². The Bertz CT molecular complexity index is 353. The Balaban J connectivity index is 1.16. The van der Waals surface area contributed by atoms with Gasteiger partial charge in [-0.25, -0.2) is 0 Å². The average molecular weight is 335 g/mol. The third kappa shape index (κ3) is 4.14. The maximum atomic E-state index is 2.76. The van der Waals surface area contributed by atoms with E-state index in [0.29, 0.717) is 0 Å². The van der Waals surface area contributed by atoms with E-state index in [9.17, 15) is 0 Å². The Hall–Kier alpha value is -0.160. The second kappa shape index (κ2) is 8.03. The van der Waals surface area contributed by atoms with Crippen molar-refractivity contribution in [3.8, 4) is 0 Å². The van der Waals surface area contributed by atoms with Gasteiger partial charge in [0.05, 0.1) is 0 Å². The van der Waals surface area contributed by atoms with Gasteiger partial charge in [0.25, 0.3) is 0 Å². The molecule has 0 spiro atoms. The minimum atomic E-state index is 0.819. The highest BCUT2D eigenvalue weighted by Crippen LogP contribution is 2.23. The van der Waals surface area contributed by atoms with Crippen LogP contribution in [0.25, 0.3) is 0 Å². The molecular weight excluding hydrogens is 296 g/mol. The Morgan fingerprint density at radius 3 is 1.50 bits per heavy atom. The van der Waals surface area contributed by atoms with E-state index in [1.54, 1.807) is 0 Å². The molecule has 4 nitrogen and oxygen atoms in total. The van der Waals surface area contributed by atoms with Crippen molar-refractivity contribution in [2.24, 2.45) is 5.92 Å². The quantitative estimate of drug-likeness (QED) is 0.736. The zero-order valence-corrected chi connectivity index (χ0v) is 15.8. The molecule has 4 heterocycles. The molecule has 2 atom stereocenters. The van der Waals surface area contributed by atoms with E-state index < -0.39 is 0 Å². The molecule has 4 fully saturated rings. The molecule has 4 heteroatoms. The molecule has 0 N–H and O–H groups in total. The lowest BCUT2D eigenvalue weighted by atomic mass is 10.1. The van der Waals surface area contributed by atoms with Crippen LogP contribution in [-0.2, 0) is 0 Å². The number of hydrogen-bond donors (Lipinski definition) is 0. The molecule has 24 heavy (non-hydrogen) atoms. The minimum absolute atomic E-state index is 0.819. The van der Waals surface area contributed by atoms with Crippen LogP contribution in [0, 0.1) is 5.92 Å². The first-order chi connectivity index (χ1) is 11.8. The summed E-state index contributed by atoms with van der Waals surface area (Å²) in [6, 6.07) is 1.73. The van der Waals surface area contributed by atoms with Crippen LogP contribution in [0.2, 0.25) is 0 Å². The van der Waals surface area contributed by atoms with Crippen LogP contribution in [0.5, 0.6) is 0 Å². The summed E-state index contributed by atoms with van der Waals surface area (Å²) < 4.78 is 0. The normalized spacial score (nSPS) is 35.4. The molecule has 0 aromatic carbocycles. The van der Waals surface area contributed by atoms with Crippen molar-refractivity contribution in [1.82, 2.24) is 19.6 Å². The third-order valence-electron chi connectivity index (χ3n) is 6.95. The lowest BCUT2D eigenvalue weighted by Crippen LogP contribution is -2.39. The van der Waals surface area contributed by atoms with E-state index in [0.717, 1.165) is 18.0 Å². The molecule has 0 aromatic heterocycles. The molecule has 0 aliphatic carbocycles. The van der Waals surface area contributed by atoms with Gasteiger partial charge < -0.3 is 9.80 Å². The van der Waals surface area contributed by atoms with Crippen molar-refractivity contribution in [3.63, 3.8) is 0 Å². The van der Waals surface area contributed by atoms with E-state index in [2.05, 4.69) is 26.5 Å². The summed E-state index contributed by atoms with van der Waals surface area (Å²) in [5, 5.41) is 0. The van der Waals surface area contributed by atoms with Crippen LogP contribution in [0.4, 0.5) is 0 Å². The van der Waals surface area contributed by atoms with Crippen molar-refractivity contribution in [2.45, 2.75) is 57.5 Å². The predicted octanol–water partition coefficient (Wildman–Crippen LogP) is 1.96. The van der Waals surface area contributed by atoms with E-state index in [1.807, 2.05) is 0 Å². The van der Waals surface area contributed by atoms with Crippen LogP contribution in [0.3, 0.4) is 0 Å². The predicted molar refractivity (Wildman–Crippen MR) is 100 cm³/mol. The number of hydrogen-bond acceptors (Lipinski definition) is 4. The molecule has 0 amide bonds. The lowest BCUT2D eigenvalue weighted by Gasteiger charge is -2.28. The van der Waals surface area contributed by atoms with E-state index in [4.69, 9.17) is 0 Å². The van der Waals surface area contributed by atoms with Gasteiger partial charge in [0.15, 0.2) is 0 Å². The highest BCUT2D eigenvalue weighted by atomic mass is 15.3. The van der Waals surface area contributed by atoms with Crippen LogP contribution in [0.1, 0.15) is 45.4 Å². The summed E-state index contributed by atoms with van der Waals surface area (Å²) in [5.74, 6) is 0.819. The van der Waals surface area contributed by atoms with E-state index in [-0.39, 0.29) is 0 Å². The molecule has 4 rings (SSSR count). The first-order valence-electron chi connectivity index (χ1n) is 10.7. The van der Waals surface area contributed by atoms with E-state index in [1.165, 1.54) is 104 Å². The van der Waals surface area contributed by atoms with Gasteiger partial charge in [-0.05, 0) is 83.7 Å². The van der Waals surface area contributed by atoms with Crippen LogP contribution in [-0.4, -0.2) is 97.1 Å². The second-order valence-corrected chi connectivity index (χ2v) is 9.00. The molecule has 4 aliphatic rings. The maximum Gasteiger partial charge on any atom is 0.0235 e. The van der Waals surface area contributed by atoms with Crippen molar-refractivity contribution in [2.75, 3.05) is 65.4 Å². The van der Waals surface area contributed by atoms with Crippen molar-refractivity contribution >= 4 is 0 Å². The molecule has 4 saturated heterocycles. The first kappa shape index (κ1) is 17.3. The summed E-state index contributed by atoms with van der Waals surface area (Å²) >= 11 is 0. The maximum absolute atomic E-state index is 2.76. The Labute approximate surface area is 149 Å². The fourth-order valence-electron chi connectivity index (χ4n) is 5.70. The summed E-state index contributed by atoms with van der Waals surface area (Å²) in [4.78, 5) is 11.0. The molecule has 138 valence electrons. The van der Waals surface area contributed by atoms with Crippen LogP contribution < -0.4 is 0 Å². The van der Waals surface area contributed by atoms with Crippen molar-refractivity contribution in [3.05, 3.63) is 0 Å². The number of rotatable bonds is 6. The Morgan fingerprint density at radius 2 is 1.08 bits per heavy atom. The average Bonchev–Trinajstić information content (AvgIpc) is 3.35. The fraction of sp³-hybridized carbons (Fsp3) is 1.00. The van der Waals surface area contributed by atoms with Crippen LogP contribution >= 0.6 is 0 Å². The topological polar surface area (TPSA) is 13.0 Å². The molecule has 0 aromatic rings. The second-order valence-electron chi connectivity index (χ2n) is 9.00. The standard InChI is InChI=1S/C20H38N4/c1-18(14-21-12-6-19(16-21)23-8-2-3-9-23)15-22-13-7-20(17-22)24-10-4-5-11-24/h18-20H,2-17H2,1H3. The Morgan fingerprint density at radius 1 is 0.667 bits per heavy atom. The van der Waals surface area contributed by atoms with Crippen LogP contribution in [0.15, 0.2) is 0 Å². The molecule has 0 bridgehead atoms. The molecule has 0 saturated carbocycles. The van der Waals surface area contributed by atoms with Gasteiger partial charge in [-0.2, -0.15) is 0 Å². The van der Waals surface area contributed by atoms with Gasteiger partial charge in [-0.1, -0.05) is 6.92 Å². The lowest BCUT2D eigenvalue weighted by molar-refractivity contribution is 0.190. The monoisotopic (exact) mass is 334 g/mol. The van der Waals surface area contributed by atoms with Crippen molar-refractivity contribution in [1.29, 1.82) is 0 Å². The smallest absolute Gasteiger partial charge is 0.0235 e. The first-order valence-corrected chi connectivity index (χ1v) is 10.7. The molecular formula is C20H38N4. The summed E-state index contributed by atoms with van der Waals surface area (Å²) in [7, 11) is 0. The van der Waals surface area contributed by atoms with Gasteiger partial charge in [-0.15, -0.1) is 0 Å². The number of nitrogens with zero attached hydrogens (tertiary/aromatic N) is 4. The highest BCUT2D eigenvalue weighted by Gasteiger charge is 2.32. The summed E-state index contributed by atoms with van der Waals surface area (Å²) in [6.45, 7) is 15.9. The highest BCUT2D eigenvalue weighted by molar-refractivity contribution is 4.88. The largest absolute Gasteiger partial charge is 0.301 e. The van der Waals surface area contributed by atoms with Gasteiger partial charge in [0.1, 0.15) is 0 Å². The molecule has 4 aliphatic heterocycles. The van der Waals surface area contributed by atoms with Gasteiger partial charge >= 0.3 is 0 Å². The zero-order chi connectivity index (χ0) is 16.4. The zero-order valence-electron chi connectivity index (χ0n) is 15.8. The SMILES string of the molecule is CC(CN1CCC(N2CCCC2)C1)CN1CCC(N2CCCC2)C1. The fourth-order valence-corrected chi connectivity index (χ4v) is 5.70. The van der Waals surface area contributed by atoms with Gasteiger partial charge in [0, 0.05) is 38.3 Å². The Kier molecular flexibility index (Phi) is 5.77. The molecule has 2 unspecified atom stereocenters. The van der Waals surface area contributed by atoms with E-state index >= 15 is 0 Å². The van der Waals surface area contributed by atoms with Crippen molar-refractivity contribution < 1.29 is 0 Å². The third-order valence-corrected chi connectivity index (χ3v) is 6.95. The minimum Gasteiger partial charge on any atom is -0.301 e. The molecule has 0 radical (unpaired) electrons.